The molecule has 3 heterocycles. The lowest BCUT2D eigenvalue weighted by Gasteiger charge is -2.32. The summed E-state index contributed by atoms with van der Waals surface area (Å²) in [6.45, 7) is 2.19. The number of amides is 4. The molecule has 0 radical (unpaired) electrons. The van der Waals surface area contributed by atoms with Crippen LogP contribution in [0.3, 0.4) is 0 Å². The molecule has 4 rings (SSSR count). The second-order valence-electron chi connectivity index (χ2n) is 6.81. The summed E-state index contributed by atoms with van der Waals surface area (Å²) in [6.07, 6.45) is 5.39. The van der Waals surface area contributed by atoms with Gasteiger partial charge in [0.15, 0.2) is 0 Å². The number of urea groups is 1. The van der Waals surface area contributed by atoms with Crippen LogP contribution in [-0.4, -0.2) is 54.3 Å². The number of imide groups is 1. The first-order valence-corrected chi connectivity index (χ1v) is 8.80. The number of para-hydroxylation sites is 1. The molecular weight excluding hydrogens is 318 g/mol. The molecule has 25 heavy (non-hydrogen) atoms. The summed E-state index contributed by atoms with van der Waals surface area (Å²) in [5, 5.41) is 0. The fourth-order valence-electron chi connectivity index (χ4n) is 3.88. The van der Waals surface area contributed by atoms with Gasteiger partial charge in [0.05, 0.1) is 11.3 Å². The molecule has 6 nitrogen and oxygen atoms in total. The molecule has 4 amide bonds. The van der Waals surface area contributed by atoms with Crippen LogP contribution in [0.2, 0.25) is 0 Å². The van der Waals surface area contributed by atoms with E-state index in [9.17, 15) is 14.4 Å². The van der Waals surface area contributed by atoms with Crippen LogP contribution in [0.4, 0.5) is 10.5 Å². The van der Waals surface area contributed by atoms with Crippen molar-refractivity contribution in [3.05, 3.63) is 35.4 Å². The predicted molar refractivity (Wildman–Crippen MR) is 94.1 cm³/mol. The molecule has 1 saturated heterocycles. The summed E-state index contributed by atoms with van der Waals surface area (Å²) < 4.78 is 0. The number of anilines is 1. The number of likely N-dealkylation sites (N-methyl/N-ethyl adjacent to an activating group) is 1. The third-order valence-corrected chi connectivity index (χ3v) is 5.28. The second kappa shape index (κ2) is 6.02. The summed E-state index contributed by atoms with van der Waals surface area (Å²) in [7, 11) is 1.48. The number of fused-ring (bicyclic) bond motifs is 1. The summed E-state index contributed by atoms with van der Waals surface area (Å²) in [5.74, 6) is -0.625. The normalized spacial score (nSPS) is 20.2. The van der Waals surface area contributed by atoms with Crippen LogP contribution >= 0.6 is 0 Å². The van der Waals surface area contributed by atoms with E-state index in [0.717, 1.165) is 48.5 Å². The van der Waals surface area contributed by atoms with Gasteiger partial charge in [0.2, 0.25) is 0 Å². The van der Waals surface area contributed by atoms with Gasteiger partial charge in [-0.1, -0.05) is 18.2 Å². The number of hydrogen-bond donors (Lipinski definition) is 0. The molecule has 0 unspecified atom stereocenters. The predicted octanol–water partition coefficient (Wildman–Crippen LogP) is 2.04. The molecule has 0 bridgehead atoms. The fraction of sp³-hybridized carbons (Fsp3) is 0.421. The molecule has 3 aliphatic rings. The SMILES string of the molecule is CN1C(=O)C=C(c2cccc3c2N(C(=O)N2CCCCC2)CC3)C1=O. The Morgan fingerprint density at radius 2 is 1.80 bits per heavy atom. The Morgan fingerprint density at radius 1 is 1.04 bits per heavy atom. The van der Waals surface area contributed by atoms with E-state index in [4.69, 9.17) is 0 Å². The number of piperidine rings is 1. The zero-order chi connectivity index (χ0) is 17.6. The summed E-state index contributed by atoms with van der Waals surface area (Å²) >= 11 is 0. The standard InChI is InChI=1S/C19H21N3O3/c1-20-16(23)12-15(18(20)24)14-7-5-6-13-8-11-22(17(13)14)19(25)21-9-3-2-4-10-21/h5-7,12H,2-4,8-11H2,1H3. The first-order valence-electron chi connectivity index (χ1n) is 8.80. The number of hydrogen-bond acceptors (Lipinski definition) is 3. The molecule has 0 aromatic heterocycles. The third kappa shape index (κ3) is 2.52. The quantitative estimate of drug-likeness (QED) is 0.736. The van der Waals surface area contributed by atoms with Crippen molar-refractivity contribution >= 4 is 29.1 Å². The van der Waals surface area contributed by atoms with Crippen molar-refractivity contribution in [3.63, 3.8) is 0 Å². The lowest BCUT2D eigenvalue weighted by Crippen LogP contribution is -2.45. The van der Waals surface area contributed by atoms with E-state index in [0.29, 0.717) is 17.7 Å². The van der Waals surface area contributed by atoms with Crippen molar-refractivity contribution in [2.75, 3.05) is 31.6 Å². The van der Waals surface area contributed by atoms with Gasteiger partial charge in [0.25, 0.3) is 11.8 Å². The molecule has 0 atom stereocenters. The highest BCUT2D eigenvalue weighted by Crippen LogP contribution is 2.38. The molecule has 1 aromatic rings. The van der Waals surface area contributed by atoms with E-state index in [1.54, 1.807) is 4.90 Å². The van der Waals surface area contributed by atoms with Gasteiger partial charge in [0.1, 0.15) is 0 Å². The van der Waals surface area contributed by atoms with E-state index in [-0.39, 0.29) is 17.8 Å². The molecular formula is C19H21N3O3. The van der Waals surface area contributed by atoms with Gasteiger partial charge in [-0.05, 0) is 31.2 Å². The zero-order valence-electron chi connectivity index (χ0n) is 14.3. The average Bonchev–Trinajstić information content (AvgIpc) is 3.19. The number of carbonyl (C=O) groups excluding carboxylic acids is 3. The van der Waals surface area contributed by atoms with Gasteiger partial charge in [-0.15, -0.1) is 0 Å². The smallest absolute Gasteiger partial charge is 0.324 e. The van der Waals surface area contributed by atoms with Crippen LogP contribution < -0.4 is 4.90 Å². The minimum absolute atomic E-state index is 0.0108. The van der Waals surface area contributed by atoms with Crippen LogP contribution in [0, 0.1) is 0 Å². The Morgan fingerprint density at radius 3 is 2.48 bits per heavy atom. The number of likely N-dealkylation sites (tertiary alicyclic amines) is 1. The largest absolute Gasteiger partial charge is 0.324 e. The van der Waals surface area contributed by atoms with E-state index in [1.165, 1.54) is 19.5 Å². The molecule has 0 N–H and O–H groups in total. The van der Waals surface area contributed by atoms with Crippen molar-refractivity contribution in [1.29, 1.82) is 0 Å². The van der Waals surface area contributed by atoms with E-state index < -0.39 is 0 Å². The molecule has 0 aliphatic carbocycles. The minimum Gasteiger partial charge on any atom is -0.324 e. The fourth-order valence-corrected chi connectivity index (χ4v) is 3.88. The Hall–Kier alpha value is -2.63. The summed E-state index contributed by atoms with van der Waals surface area (Å²) in [6, 6.07) is 5.72. The molecule has 1 fully saturated rings. The molecule has 3 aliphatic heterocycles. The number of nitrogens with zero attached hydrogens (tertiary/aromatic N) is 3. The topological polar surface area (TPSA) is 60.9 Å². The first-order chi connectivity index (χ1) is 12.1. The monoisotopic (exact) mass is 339 g/mol. The van der Waals surface area contributed by atoms with Crippen LogP contribution in [-0.2, 0) is 16.0 Å². The number of benzene rings is 1. The van der Waals surface area contributed by atoms with E-state index in [1.807, 2.05) is 23.1 Å². The van der Waals surface area contributed by atoms with Crippen LogP contribution in [0.1, 0.15) is 30.4 Å². The molecule has 130 valence electrons. The van der Waals surface area contributed by atoms with Crippen molar-refractivity contribution in [3.8, 4) is 0 Å². The van der Waals surface area contributed by atoms with Gasteiger partial charge < -0.3 is 4.90 Å². The summed E-state index contributed by atoms with van der Waals surface area (Å²) in [4.78, 5) is 42.1. The average molecular weight is 339 g/mol. The lowest BCUT2D eigenvalue weighted by atomic mass is 10.0. The van der Waals surface area contributed by atoms with Crippen molar-refractivity contribution in [2.24, 2.45) is 0 Å². The van der Waals surface area contributed by atoms with Gasteiger partial charge in [-0.3, -0.25) is 19.4 Å². The van der Waals surface area contributed by atoms with Crippen molar-refractivity contribution in [1.82, 2.24) is 9.80 Å². The zero-order valence-corrected chi connectivity index (χ0v) is 14.3. The number of rotatable bonds is 1. The van der Waals surface area contributed by atoms with Crippen molar-refractivity contribution in [2.45, 2.75) is 25.7 Å². The maximum absolute atomic E-state index is 13.0. The molecule has 0 saturated carbocycles. The lowest BCUT2D eigenvalue weighted by molar-refractivity contribution is -0.134. The van der Waals surface area contributed by atoms with Crippen LogP contribution in [0.5, 0.6) is 0 Å². The Bertz CT molecular complexity index is 793. The van der Waals surface area contributed by atoms with E-state index in [2.05, 4.69) is 0 Å². The van der Waals surface area contributed by atoms with Crippen LogP contribution in [0.25, 0.3) is 5.57 Å². The highest BCUT2D eigenvalue weighted by atomic mass is 16.2. The Labute approximate surface area is 146 Å². The Balaban J connectivity index is 1.72. The maximum Gasteiger partial charge on any atom is 0.324 e. The molecule has 0 spiro atoms. The highest BCUT2D eigenvalue weighted by molar-refractivity contribution is 6.34. The van der Waals surface area contributed by atoms with E-state index >= 15 is 0 Å². The molecule has 1 aromatic carbocycles. The van der Waals surface area contributed by atoms with Crippen molar-refractivity contribution < 1.29 is 14.4 Å². The highest BCUT2D eigenvalue weighted by Gasteiger charge is 2.36. The number of carbonyl (C=O) groups is 3. The maximum atomic E-state index is 13.0. The third-order valence-electron chi connectivity index (χ3n) is 5.28. The van der Waals surface area contributed by atoms with Gasteiger partial charge in [0, 0.05) is 38.3 Å². The minimum atomic E-state index is -0.315. The summed E-state index contributed by atoms with van der Waals surface area (Å²) in [5.41, 5.74) is 2.91. The Kier molecular flexibility index (Phi) is 3.82. The van der Waals surface area contributed by atoms with Gasteiger partial charge in [-0.2, -0.15) is 0 Å². The first kappa shape index (κ1) is 15.9. The van der Waals surface area contributed by atoms with Gasteiger partial charge in [-0.25, -0.2) is 4.79 Å². The molecule has 6 heteroatoms. The van der Waals surface area contributed by atoms with Crippen LogP contribution in [0.15, 0.2) is 24.3 Å². The second-order valence-corrected chi connectivity index (χ2v) is 6.81. The van der Waals surface area contributed by atoms with Gasteiger partial charge >= 0.3 is 6.03 Å².